The number of hydrogen-bond donors (Lipinski definition) is 1. The molecule has 0 spiro atoms. The van der Waals surface area contributed by atoms with Gasteiger partial charge in [-0.05, 0) is 31.4 Å². The van der Waals surface area contributed by atoms with Gasteiger partial charge in [0.1, 0.15) is 12.4 Å². The van der Waals surface area contributed by atoms with E-state index in [0.717, 1.165) is 32.4 Å². The molecule has 1 unspecified atom stereocenters. The number of anilines is 1. The summed E-state index contributed by atoms with van der Waals surface area (Å²) in [6, 6.07) is 5.53. The number of H-pyrrole nitrogens is 1. The van der Waals surface area contributed by atoms with Crippen molar-refractivity contribution >= 4 is 28.8 Å². The summed E-state index contributed by atoms with van der Waals surface area (Å²) in [7, 11) is 1.53. The van der Waals surface area contributed by atoms with Crippen molar-refractivity contribution in [1.82, 2.24) is 19.1 Å². The Morgan fingerprint density at radius 2 is 1.89 bits per heavy atom. The Kier molecular flexibility index (Phi) is 6.85. The van der Waals surface area contributed by atoms with E-state index >= 15 is 0 Å². The van der Waals surface area contributed by atoms with Gasteiger partial charge in [-0.2, -0.15) is 4.98 Å². The number of non-ortho nitro benzene ring substituents is 1. The summed E-state index contributed by atoms with van der Waals surface area (Å²) >= 11 is 0. The molecule has 1 aromatic carbocycles. The molecule has 3 heterocycles. The van der Waals surface area contributed by atoms with Crippen molar-refractivity contribution in [2.45, 2.75) is 38.8 Å². The maximum absolute atomic E-state index is 12.8. The number of fused-ring (bicyclic) bond motifs is 1. The molecule has 0 amide bonds. The second-order valence-corrected chi connectivity index (χ2v) is 8.35. The summed E-state index contributed by atoms with van der Waals surface area (Å²) in [5.74, 6) is 0.339. The molecule has 1 atom stereocenters. The zero-order valence-electron chi connectivity index (χ0n) is 19.4. The van der Waals surface area contributed by atoms with Gasteiger partial charge in [0.05, 0.1) is 11.5 Å². The van der Waals surface area contributed by atoms with Gasteiger partial charge in [0, 0.05) is 39.2 Å². The number of carbonyl (C=O) groups excluding carboxylic acids is 1. The maximum Gasteiger partial charge on any atom is 0.329 e. The van der Waals surface area contributed by atoms with E-state index in [1.54, 1.807) is 4.57 Å². The third-order valence-corrected chi connectivity index (χ3v) is 5.83. The van der Waals surface area contributed by atoms with Crippen molar-refractivity contribution in [2.75, 3.05) is 24.6 Å². The van der Waals surface area contributed by atoms with Crippen LogP contribution in [0.4, 0.5) is 11.6 Å². The second kappa shape index (κ2) is 9.99. The van der Waals surface area contributed by atoms with E-state index in [9.17, 15) is 24.5 Å². The van der Waals surface area contributed by atoms with Crippen LogP contribution in [-0.4, -0.2) is 55.8 Å². The third kappa shape index (κ3) is 5.18. The van der Waals surface area contributed by atoms with Crippen LogP contribution in [0.1, 0.15) is 26.2 Å². The first kappa shape index (κ1) is 24.0. The number of aryl methyl sites for hydroxylation is 1. The van der Waals surface area contributed by atoms with E-state index in [0.29, 0.717) is 11.7 Å². The van der Waals surface area contributed by atoms with Crippen molar-refractivity contribution in [3.63, 3.8) is 0 Å². The summed E-state index contributed by atoms with van der Waals surface area (Å²) < 4.78 is 14.1. The Morgan fingerprint density at radius 3 is 2.51 bits per heavy atom. The first-order chi connectivity index (χ1) is 16.7. The molecule has 2 aromatic heterocycles. The number of nitrogens with one attached hydrogen (secondary N) is 1. The quantitative estimate of drug-likeness (QED) is 0.282. The van der Waals surface area contributed by atoms with Crippen LogP contribution in [0.3, 0.4) is 0 Å². The van der Waals surface area contributed by atoms with Gasteiger partial charge in [0.15, 0.2) is 17.3 Å². The molecule has 13 nitrogen and oxygen atoms in total. The topological polar surface area (TPSA) is 155 Å². The zero-order valence-corrected chi connectivity index (χ0v) is 19.4. The van der Waals surface area contributed by atoms with Crippen LogP contribution in [0.2, 0.25) is 0 Å². The number of hydrogen-bond acceptors (Lipinski definition) is 9. The highest BCUT2D eigenvalue weighted by Gasteiger charge is 2.26. The SMILES string of the molecule is CC(=O)OC(COc1ccc([N+](=O)[O-])cc1)Cn1c(N2CCCCC2)nc2c1c(=O)[nH]c(=O)n2C. The lowest BCUT2D eigenvalue weighted by Crippen LogP contribution is -2.35. The molecular weight excluding hydrogens is 460 g/mol. The number of esters is 1. The number of nitro benzene ring substituents is 1. The Morgan fingerprint density at radius 1 is 1.20 bits per heavy atom. The number of carbonyl (C=O) groups is 1. The standard InChI is InChI=1S/C22H26N6O7/c1-14(29)35-17(13-34-16-8-6-15(7-9-16)28(32)33)12-27-18-19(25(2)22(31)24-20(18)30)23-21(27)26-10-4-3-5-11-26/h6-9,17H,3-5,10-13H2,1-2H3,(H,24,30,31). The van der Waals surface area contributed by atoms with Gasteiger partial charge in [-0.1, -0.05) is 0 Å². The fourth-order valence-corrected chi connectivity index (χ4v) is 4.15. The molecule has 3 aromatic rings. The highest BCUT2D eigenvalue weighted by atomic mass is 16.6. The number of rotatable bonds is 8. The molecule has 35 heavy (non-hydrogen) atoms. The minimum Gasteiger partial charge on any atom is -0.490 e. The van der Waals surface area contributed by atoms with Crippen molar-refractivity contribution in [3.8, 4) is 5.75 Å². The van der Waals surface area contributed by atoms with Gasteiger partial charge in [0.2, 0.25) is 5.95 Å². The average molecular weight is 486 g/mol. The van der Waals surface area contributed by atoms with Gasteiger partial charge in [-0.3, -0.25) is 29.3 Å². The summed E-state index contributed by atoms with van der Waals surface area (Å²) in [6.07, 6.45) is 2.22. The predicted molar refractivity (Wildman–Crippen MR) is 126 cm³/mol. The number of benzene rings is 1. The molecule has 1 saturated heterocycles. The molecule has 0 aliphatic carbocycles. The lowest BCUT2D eigenvalue weighted by atomic mass is 10.1. The fourth-order valence-electron chi connectivity index (χ4n) is 4.15. The van der Waals surface area contributed by atoms with Crippen molar-refractivity contribution < 1.29 is 19.2 Å². The summed E-state index contributed by atoms with van der Waals surface area (Å²) in [5.41, 5.74) is -0.806. The molecule has 0 saturated carbocycles. The van der Waals surface area contributed by atoms with Crippen molar-refractivity contribution in [3.05, 3.63) is 55.2 Å². The van der Waals surface area contributed by atoms with Crippen LogP contribution < -0.4 is 20.9 Å². The molecule has 13 heteroatoms. The minimum absolute atomic E-state index is 0.0518. The van der Waals surface area contributed by atoms with E-state index in [2.05, 4.69) is 14.9 Å². The van der Waals surface area contributed by atoms with Crippen LogP contribution in [0, 0.1) is 10.1 Å². The Labute approximate surface area is 199 Å². The number of nitro groups is 1. The Hall–Kier alpha value is -4.16. The molecule has 1 fully saturated rings. The number of nitrogens with zero attached hydrogens (tertiary/aromatic N) is 5. The van der Waals surface area contributed by atoms with Gasteiger partial charge >= 0.3 is 11.7 Å². The molecule has 186 valence electrons. The van der Waals surface area contributed by atoms with Gasteiger partial charge in [-0.25, -0.2) is 4.79 Å². The van der Waals surface area contributed by atoms with Gasteiger partial charge in [-0.15, -0.1) is 0 Å². The highest BCUT2D eigenvalue weighted by Crippen LogP contribution is 2.24. The molecule has 1 N–H and O–H groups in total. The zero-order chi connectivity index (χ0) is 25.1. The van der Waals surface area contributed by atoms with Crippen LogP contribution in [0.25, 0.3) is 11.2 Å². The first-order valence-electron chi connectivity index (χ1n) is 11.2. The average Bonchev–Trinajstić information content (AvgIpc) is 3.21. The monoisotopic (exact) mass is 486 g/mol. The van der Waals surface area contributed by atoms with E-state index < -0.39 is 28.2 Å². The fraction of sp³-hybridized carbons (Fsp3) is 0.455. The number of piperidine rings is 1. The van der Waals surface area contributed by atoms with Crippen LogP contribution >= 0.6 is 0 Å². The molecule has 0 radical (unpaired) electrons. The van der Waals surface area contributed by atoms with Crippen LogP contribution in [0.5, 0.6) is 5.75 Å². The van der Waals surface area contributed by atoms with E-state index in [1.165, 1.54) is 42.8 Å². The first-order valence-corrected chi connectivity index (χ1v) is 11.2. The van der Waals surface area contributed by atoms with Crippen LogP contribution in [-0.2, 0) is 23.1 Å². The predicted octanol–water partition coefficient (Wildman–Crippen LogP) is 1.33. The lowest BCUT2D eigenvalue weighted by molar-refractivity contribution is -0.384. The highest BCUT2D eigenvalue weighted by molar-refractivity contribution is 5.74. The van der Waals surface area contributed by atoms with Gasteiger partial charge < -0.3 is 18.9 Å². The smallest absolute Gasteiger partial charge is 0.329 e. The minimum atomic E-state index is -0.805. The molecule has 1 aliphatic rings. The normalized spacial score (nSPS) is 14.6. The largest absolute Gasteiger partial charge is 0.490 e. The number of aromatic amines is 1. The molecule has 4 rings (SSSR count). The summed E-state index contributed by atoms with van der Waals surface area (Å²) in [6.45, 7) is 2.74. The van der Waals surface area contributed by atoms with E-state index in [4.69, 9.17) is 9.47 Å². The van der Waals surface area contributed by atoms with Crippen molar-refractivity contribution in [1.29, 1.82) is 0 Å². The van der Waals surface area contributed by atoms with Crippen molar-refractivity contribution in [2.24, 2.45) is 7.05 Å². The number of aromatic nitrogens is 4. The van der Waals surface area contributed by atoms with E-state index in [1.807, 2.05) is 0 Å². The molecular formula is C22H26N6O7. The van der Waals surface area contributed by atoms with Crippen LogP contribution in [0.15, 0.2) is 33.9 Å². The lowest BCUT2D eigenvalue weighted by Gasteiger charge is -2.29. The van der Waals surface area contributed by atoms with Gasteiger partial charge in [0.25, 0.3) is 11.2 Å². The molecule has 1 aliphatic heterocycles. The van der Waals surface area contributed by atoms with E-state index in [-0.39, 0.29) is 30.0 Å². The number of imidazole rings is 1. The second-order valence-electron chi connectivity index (χ2n) is 8.35. The molecule has 0 bridgehead atoms. The summed E-state index contributed by atoms with van der Waals surface area (Å²) in [4.78, 5) is 56.1. The Bertz CT molecular complexity index is 1350. The Balaban J connectivity index is 1.68. The third-order valence-electron chi connectivity index (χ3n) is 5.83. The number of ether oxygens (including phenoxy) is 2. The summed E-state index contributed by atoms with van der Waals surface area (Å²) in [5, 5.41) is 10.9. The maximum atomic E-state index is 12.8.